The lowest BCUT2D eigenvalue weighted by molar-refractivity contribution is -0.122. The van der Waals surface area contributed by atoms with Crippen LogP contribution in [0.5, 0.6) is 11.5 Å². The Labute approximate surface area is 215 Å². The van der Waals surface area contributed by atoms with Gasteiger partial charge in [0, 0.05) is 43.1 Å². The fraction of sp³-hybridized carbons (Fsp3) is 0.567. The zero-order chi connectivity index (χ0) is 25.0. The van der Waals surface area contributed by atoms with Gasteiger partial charge in [0.2, 0.25) is 0 Å². The number of ether oxygens (including phenoxy) is 2. The molecule has 3 aliphatic rings. The Morgan fingerprint density at radius 1 is 0.972 bits per heavy atom. The summed E-state index contributed by atoms with van der Waals surface area (Å²) >= 11 is 0. The van der Waals surface area contributed by atoms with Crippen LogP contribution in [0.4, 0.5) is 0 Å². The summed E-state index contributed by atoms with van der Waals surface area (Å²) in [6.07, 6.45) is 9.80. The van der Waals surface area contributed by atoms with Crippen molar-refractivity contribution in [1.82, 2.24) is 19.2 Å². The van der Waals surface area contributed by atoms with Crippen LogP contribution in [-0.2, 0) is 0 Å². The fourth-order valence-electron chi connectivity index (χ4n) is 6.89. The molecule has 6 heteroatoms. The summed E-state index contributed by atoms with van der Waals surface area (Å²) in [7, 11) is 3.33. The third kappa shape index (κ3) is 4.08. The molecular weight excluding hydrogens is 448 g/mol. The molecule has 2 saturated heterocycles. The molecule has 0 radical (unpaired) electrons. The normalized spacial score (nSPS) is 21.2. The molecule has 0 unspecified atom stereocenters. The number of likely N-dealkylation sites (tertiary alicyclic amines) is 2. The third-order valence-electron chi connectivity index (χ3n) is 9.10. The summed E-state index contributed by atoms with van der Waals surface area (Å²) < 4.78 is 13.1. The van der Waals surface area contributed by atoms with Gasteiger partial charge < -0.3 is 18.8 Å². The molecule has 1 saturated carbocycles. The number of hydrogen-bond acceptors (Lipinski definition) is 5. The maximum atomic E-state index is 5.50. The molecule has 1 aliphatic carbocycles. The Morgan fingerprint density at radius 3 is 2.36 bits per heavy atom. The Morgan fingerprint density at radius 2 is 1.69 bits per heavy atom. The van der Waals surface area contributed by atoms with Crippen molar-refractivity contribution >= 4 is 5.65 Å². The second kappa shape index (κ2) is 9.07. The van der Waals surface area contributed by atoms with Gasteiger partial charge in [0.15, 0.2) is 11.5 Å². The zero-order valence-electron chi connectivity index (χ0n) is 22.5. The summed E-state index contributed by atoms with van der Waals surface area (Å²) in [5.74, 6) is 2.09. The van der Waals surface area contributed by atoms with Gasteiger partial charge in [-0.25, -0.2) is 4.98 Å². The molecule has 0 N–H and O–H groups in total. The van der Waals surface area contributed by atoms with Crippen LogP contribution in [-0.4, -0.2) is 71.7 Å². The van der Waals surface area contributed by atoms with Crippen LogP contribution in [0, 0.1) is 12.3 Å². The first-order chi connectivity index (χ1) is 17.4. The number of aromatic nitrogens is 2. The molecule has 1 aromatic carbocycles. The van der Waals surface area contributed by atoms with Gasteiger partial charge in [0.25, 0.3) is 0 Å². The molecule has 192 valence electrons. The average Bonchev–Trinajstić information content (AvgIpc) is 3.27. The Balaban J connectivity index is 1.12. The van der Waals surface area contributed by atoms with Gasteiger partial charge >= 0.3 is 0 Å². The minimum Gasteiger partial charge on any atom is -0.493 e. The van der Waals surface area contributed by atoms with E-state index < -0.39 is 0 Å². The Hall–Kier alpha value is -2.57. The van der Waals surface area contributed by atoms with E-state index in [4.69, 9.17) is 14.5 Å². The number of nitrogens with zero attached hydrogens (tertiary/aromatic N) is 4. The second-order valence-electron chi connectivity index (χ2n) is 11.8. The first-order valence-electron chi connectivity index (χ1n) is 13.6. The van der Waals surface area contributed by atoms with Crippen LogP contribution < -0.4 is 9.47 Å². The first kappa shape index (κ1) is 23.8. The first-order valence-corrected chi connectivity index (χ1v) is 13.6. The van der Waals surface area contributed by atoms with E-state index in [9.17, 15) is 0 Å². The molecule has 0 atom stereocenters. The maximum Gasteiger partial charge on any atom is 0.161 e. The summed E-state index contributed by atoms with van der Waals surface area (Å²) in [6, 6.07) is 9.89. The number of pyridine rings is 1. The lowest BCUT2D eigenvalue weighted by Crippen LogP contribution is -2.68. The van der Waals surface area contributed by atoms with Gasteiger partial charge in [0.05, 0.1) is 19.9 Å². The van der Waals surface area contributed by atoms with Crippen molar-refractivity contribution in [2.24, 2.45) is 5.41 Å². The highest BCUT2D eigenvalue weighted by molar-refractivity contribution is 5.67. The summed E-state index contributed by atoms with van der Waals surface area (Å²) in [4.78, 5) is 10.4. The standard InChI is InChI=1S/C30H40N4O2/c1-20(2)34-18-30(19-34)14-25(15-30)32-10-8-22(9-11-32)24-12-21(3)29-31-26(17-33(29)16-24)23-6-7-27(35-4)28(13-23)36-5/h6-7,12-13,16-17,20,22,25H,8-11,14-15,18-19H2,1-5H3. The van der Waals surface area contributed by atoms with Crippen molar-refractivity contribution in [2.75, 3.05) is 40.4 Å². The van der Waals surface area contributed by atoms with Crippen molar-refractivity contribution in [1.29, 1.82) is 0 Å². The van der Waals surface area contributed by atoms with Gasteiger partial charge in [-0.2, -0.15) is 0 Å². The number of methoxy groups -OCH3 is 2. The van der Waals surface area contributed by atoms with Crippen LogP contribution in [0.2, 0.25) is 0 Å². The molecule has 0 bridgehead atoms. The monoisotopic (exact) mass is 488 g/mol. The molecule has 2 aliphatic heterocycles. The van der Waals surface area contributed by atoms with E-state index in [-0.39, 0.29) is 0 Å². The predicted molar refractivity (Wildman–Crippen MR) is 144 cm³/mol. The quantitative estimate of drug-likeness (QED) is 0.466. The molecule has 0 amide bonds. The highest BCUT2D eigenvalue weighted by Crippen LogP contribution is 2.51. The fourth-order valence-corrected chi connectivity index (χ4v) is 6.89. The topological polar surface area (TPSA) is 42.2 Å². The molecule has 4 heterocycles. The van der Waals surface area contributed by atoms with Gasteiger partial charge in [0.1, 0.15) is 5.65 Å². The number of piperidine rings is 1. The largest absolute Gasteiger partial charge is 0.493 e. The zero-order valence-corrected chi connectivity index (χ0v) is 22.5. The van der Waals surface area contributed by atoms with Crippen molar-refractivity contribution < 1.29 is 9.47 Å². The highest BCUT2D eigenvalue weighted by atomic mass is 16.5. The average molecular weight is 489 g/mol. The number of hydrogen-bond donors (Lipinski definition) is 0. The minimum absolute atomic E-state index is 0.630. The lowest BCUT2D eigenvalue weighted by Gasteiger charge is -2.62. The molecule has 3 aromatic rings. The summed E-state index contributed by atoms with van der Waals surface area (Å²) in [5, 5.41) is 0. The van der Waals surface area contributed by atoms with Crippen molar-refractivity contribution in [2.45, 2.75) is 64.5 Å². The lowest BCUT2D eigenvalue weighted by atomic mass is 9.59. The Bertz CT molecular complexity index is 1240. The van der Waals surface area contributed by atoms with Crippen LogP contribution in [0.1, 0.15) is 56.6 Å². The van der Waals surface area contributed by atoms with E-state index in [2.05, 4.69) is 53.4 Å². The van der Waals surface area contributed by atoms with E-state index in [1.54, 1.807) is 14.2 Å². The number of imidazole rings is 1. The van der Waals surface area contributed by atoms with Crippen LogP contribution in [0.3, 0.4) is 0 Å². The third-order valence-corrected chi connectivity index (χ3v) is 9.10. The molecule has 6 rings (SSSR count). The van der Waals surface area contributed by atoms with Crippen LogP contribution in [0.25, 0.3) is 16.9 Å². The van der Waals surface area contributed by atoms with Crippen molar-refractivity contribution in [3.05, 3.63) is 47.8 Å². The smallest absolute Gasteiger partial charge is 0.161 e. The van der Waals surface area contributed by atoms with Crippen molar-refractivity contribution in [3.63, 3.8) is 0 Å². The van der Waals surface area contributed by atoms with Gasteiger partial charge in [-0.1, -0.05) is 6.07 Å². The highest BCUT2D eigenvalue weighted by Gasteiger charge is 2.54. The maximum absolute atomic E-state index is 5.50. The van der Waals surface area contributed by atoms with E-state index in [1.165, 1.54) is 63.0 Å². The molecule has 2 aromatic heterocycles. The predicted octanol–water partition coefficient (Wildman–Crippen LogP) is 5.38. The number of aryl methyl sites for hydroxylation is 1. The molecule has 36 heavy (non-hydrogen) atoms. The molecular formula is C30H40N4O2. The van der Waals surface area contributed by atoms with Crippen molar-refractivity contribution in [3.8, 4) is 22.8 Å². The minimum atomic E-state index is 0.630. The summed E-state index contributed by atoms with van der Waals surface area (Å²) in [5.41, 5.74) is 6.36. The van der Waals surface area contributed by atoms with E-state index >= 15 is 0 Å². The van der Waals surface area contributed by atoms with Crippen LogP contribution in [0.15, 0.2) is 36.7 Å². The Kier molecular flexibility index (Phi) is 6.00. The van der Waals surface area contributed by atoms with Gasteiger partial charge in [-0.3, -0.25) is 4.90 Å². The SMILES string of the molecule is COc1ccc(-c2cn3cc(C4CCN(C5CC6(C5)CN(C(C)C)C6)CC4)cc(C)c3n2)cc1OC. The van der Waals surface area contributed by atoms with E-state index in [0.717, 1.165) is 34.4 Å². The van der Waals surface area contributed by atoms with Gasteiger partial charge in [-0.15, -0.1) is 0 Å². The number of benzene rings is 1. The number of rotatable bonds is 6. The summed E-state index contributed by atoms with van der Waals surface area (Å²) in [6.45, 7) is 12.0. The van der Waals surface area contributed by atoms with Crippen LogP contribution >= 0.6 is 0 Å². The van der Waals surface area contributed by atoms with Gasteiger partial charge in [-0.05, 0) is 100 Å². The molecule has 6 nitrogen and oxygen atoms in total. The second-order valence-corrected chi connectivity index (χ2v) is 11.8. The molecule has 1 spiro atoms. The molecule has 3 fully saturated rings. The van der Waals surface area contributed by atoms with E-state index in [0.29, 0.717) is 17.4 Å². The van der Waals surface area contributed by atoms with E-state index in [1.807, 2.05) is 18.2 Å². The number of fused-ring (bicyclic) bond motifs is 1.